The van der Waals surface area contributed by atoms with Crippen molar-refractivity contribution in [1.29, 1.82) is 0 Å². The number of hydrogen-bond acceptors (Lipinski definition) is 3. The van der Waals surface area contributed by atoms with Gasteiger partial charge in [-0.05, 0) is 30.9 Å². The minimum absolute atomic E-state index is 0.191. The molecule has 1 aromatic rings. The van der Waals surface area contributed by atoms with E-state index in [4.69, 9.17) is 4.74 Å². The Morgan fingerprint density at radius 1 is 1.28 bits per heavy atom. The second-order valence-electron chi connectivity index (χ2n) is 3.91. The molecule has 0 saturated carbocycles. The zero-order chi connectivity index (χ0) is 13.4. The fourth-order valence-corrected chi connectivity index (χ4v) is 1.94. The van der Waals surface area contributed by atoms with Crippen LogP contribution in [0.25, 0.3) is 0 Å². The van der Waals surface area contributed by atoms with Crippen LogP contribution in [-0.2, 0) is 4.74 Å². The SMILES string of the molecule is CSc1ccc(C(C)NCCOCC(F)F)cc1. The maximum atomic E-state index is 11.8. The van der Waals surface area contributed by atoms with Gasteiger partial charge in [0.15, 0.2) is 0 Å². The van der Waals surface area contributed by atoms with Crippen molar-refractivity contribution >= 4 is 11.8 Å². The van der Waals surface area contributed by atoms with E-state index in [1.165, 1.54) is 10.5 Å². The van der Waals surface area contributed by atoms with Crippen molar-refractivity contribution in [3.63, 3.8) is 0 Å². The highest BCUT2D eigenvalue weighted by atomic mass is 32.2. The smallest absolute Gasteiger partial charge is 0.261 e. The third-order valence-corrected chi connectivity index (χ3v) is 3.30. The van der Waals surface area contributed by atoms with Gasteiger partial charge in [0.1, 0.15) is 6.61 Å². The predicted octanol–water partition coefficient (Wildman–Crippen LogP) is 3.34. The van der Waals surface area contributed by atoms with E-state index >= 15 is 0 Å². The molecule has 1 aromatic carbocycles. The molecule has 0 radical (unpaired) electrons. The Labute approximate surface area is 111 Å². The number of benzene rings is 1. The Bertz CT molecular complexity index is 332. The van der Waals surface area contributed by atoms with Crippen molar-refractivity contribution in [3.05, 3.63) is 29.8 Å². The van der Waals surface area contributed by atoms with Crippen molar-refractivity contribution in [3.8, 4) is 0 Å². The first-order valence-electron chi connectivity index (χ1n) is 5.86. The van der Waals surface area contributed by atoms with E-state index in [2.05, 4.69) is 29.6 Å². The highest BCUT2D eigenvalue weighted by molar-refractivity contribution is 7.98. The number of nitrogens with one attached hydrogen (secondary N) is 1. The lowest BCUT2D eigenvalue weighted by atomic mass is 10.1. The van der Waals surface area contributed by atoms with E-state index in [1.807, 2.05) is 13.2 Å². The van der Waals surface area contributed by atoms with E-state index < -0.39 is 13.0 Å². The second-order valence-corrected chi connectivity index (χ2v) is 4.79. The standard InChI is InChI=1S/C13H19F2NOS/c1-10(16-7-8-17-9-13(14)15)11-3-5-12(18-2)6-4-11/h3-6,10,13,16H,7-9H2,1-2H3. The fourth-order valence-electron chi connectivity index (χ4n) is 1.53. The fraction of sp³-hybridized carbons (Fsp3) is 0.538. The van der Waals surface area contributed by atoms with Crippen LogP contribution in [0, 0.1) is 0 Å². The van der Waals surface area contributed by atoms with Gasteiger partial charge in [0.25, 0.3) is 6.43 Å². The Balaban J connectivity index is 2.25. The van der Waals surface area contributed by atoms with Crippen molar-refractivity contribution in [1.82, 2.24) is 5.32 Å². The lowest BCUT2D eigenvalue weighted by molar-refractivity contribution is 0.0183. The van der Waals surface area contributed by atoms with Crippen LogP contribution < -0.4 is 5.32 Å². The van der Waals surface area contributed by atoms with Crippen molar-refractivity contribution < 1.29 is 13.5 Å². The van der Waals surface area contributed by atoms with Crippen molar-refractivity contribution in [2.75, 3.05) is 26.0 Å². The summed E-state index contributed by atoms with van der Waals surface area (Å²) in [5, 5.41) is 3.23. The van der Waals surface area contributed by atoms with Gasteiger partial charge in [-0.15, -0.1) is 11.8 Å². The minimum atomic E-state index is -2.39. The quantitative estimate of drug-likeness (QED) is 0.581. The van der Waals surface area contributed by atoms with Gasteiger partial charge >= 0.3 is 0 Å². The molecule has 0 spiro atoms. The van der Waals surface area contributed by atoms with E-state index in [0.717, 1.165) is 0 Å². The maximum absolute atomic E-state index is 11.8. The van der Waals surface area contributed by atoms with E-state index in [-0.39, 0.29) is 6.04 Å². The molecular formula is C13H19F2NOS. The van der Waals surface area contributed by atoms with Gasteiger partial charge in [0.2, 0.25) is 0 Å². The van der Waals surface area contributed by atoms with E-state index in [1.54, 1.807) is 11.8 Å². The summed E-state index contributed by atoms with van der Waals surface area (Å²) in [6.45, 7) is 2.43. The third-order valence-electron chi connectivity index (χ3n) is 2.56. The second kappa shape index (κ2) is 8.45. The Kier molecular flexibility index (Phi) is 7.23. The summed E-state index contributed by atoms with van der Waals surface area (Å²) in [4.78, 5) is 1.23. The minimum Gasteiger partial charge on any atom is -0.374 e. The average Bonchev–Trinajstić information content (AvgIpc) is 2.38. The molecule has 0 heterocycles. The van der Waals surface area contributed by atoms with Gasteiger partial charge in [0.05, 0.1) is 6.61 Å². The zero-order valence-electron chi connectivity index (χ0n) is 10.7. The summed E-state index contributed by atoms with van der Waals surface area (Å²) >= 11 is 1.70. The molecule has 0 aliphatic carbocycles. The van der Waals surface area contributed by atoms with Gasteiger partial charge in [-0.3, -0.25) is 0 Å². The molecule has 0 fully saturated rings. The molecule has 0 aliphatic heterocycles. The molecular weight excluding hydrogens is 256 g/mol. The van der Waals surface area contributed by atoms with Gasteiger partial charge in [-0.1, -0.05) is 12.1 Å². The monoisotopic (exact) mass is 275 g/mol. The topological polar surface area (TPSA) is 21.3 Å². The number of halogens is 2. The number of thioether (sulfide) groups is 1. The summed E-state index contributed by atoms with van der Waals surface area (Å²) in [6, 6.07) is 8.49. The van der Waals surface area contributed by atoms with Crippen LogP contribution in [0.3, 0.4) is 0 Å². The molecule has 0 bridgehead atoms. The van der Waals surface area contributed by atoms with Gasteiger partial charge < -0.3 is 10.1 Å². The molecule has 1 unspecified atom stereocenters. The Morgan fingerprint density at radius 3 is 2.50 bits per heavy atom. The molecule has 0 saturated heterocycles. The Morgan fingerprint density at radius 2 is 1.94 bits per heavy atom. The number of alkyl halides is 2. The highest BCUT2D eigenvalue weighted by Crippen LogP contribution is 2.18. The molecule has 18 heavy (non-hydrogen) atoms. The van der Waals surface area contributed by atoms with Crippen LogP contribution in [0.15, 0.2) is 29.2 Å². The molecule has 0 aliphatic rings. The number of ether oxygens (including phenoxy) is 1. The van der Waals surface area contributed by atoms with Crippen LogP contribution in [0.2, 0.25) is 0 Å². The lowest BCUT2D eigenvalue weighted by Crippen LogP contribution is -2.24. The average molecular weight is 275 g/mol. The largest absolute Gasteiger partial charge is 0.374 e. The molecule has 5 heteroatoms. The molecule has 102 valence electrons. The van der Waals surface area contributed by atoms with Crippen molar-refractivity contribution in [2.24, 2.45) is 0 Å². The predicted molar refractivity (Wildman–Crippen MR) is 71.5 cm³/mol. The molecule has 1 N–H and O–H groups in total. The van der Waals surface area contributed by atoms with Gasteiger partial charge in [-0.2, -0.15) is 0 Å². The lowest BCUT2D eigenvalue weighted by Gasteiger charge is -2.14. The first-order valence-corrected chi connectivity index (χ1v) is 7.09. The van der Waals surface area contributed by atoms with Crippen molar-refractivity contribution in [2.45, 2.75) is 24.3 Å². The van der Waals surface area contributed by atoms with E-state index in [9.17, 15) is 8.78 Å². The van der Waals surface area contributed by atoms with Gasteiger partial charge in [0, 0.05) is 17.5 Å². The summed E-state index contributed by atoms with van der Waals surface area (Å²) in [7, 11) is 0. The maximum Gasteiger partial charge on any atom is 0.261 e. The van der Waals surface area contributed by atoms with Crippen LogP contribution >= 0.6 is 11.8 Å². The van der Waals surface area contributed by atoms with Crippen LogP contribution in [-0.4, -0.2) is 32.4 Å². The molecule has 2 nitrogen and oxygen atoms in total. The number of rotatable bonds is 8. The first-order chi connectivity index (χ1) is 8.63. The zero-order valence-corrected chi connectivity index (χ0v) is 11.5. The summed E-state index contributed by atoms with van der Waals surface area (Å²) in [6.07, 6.45) is -0.349. The third kappa shape index (κ3) is 5.80. The van der Waals surface area contributed by atoms with Gasteiger partial charge in [-0.25, -0.2) is 8.78 Å². The summed E-state index contributed by atoms with van der Waals surface area (Å²) in [5.74, 6) is 0. The number of hydrogen-bond donors (Lipinski definition) is 1. The van der Waals surface area contributed by atoms with E-state index in [0.29, 0.717) is 13.2 Å². The molecule has 0 aromatic heterocycles. The van der Waals surface area contributed by atoms with Crippen LogP contribution in [0.4, 0.5) is 8.78 Å². The molecule has 1 rings (SSSR count). The summed E-state index contributed by atoms with van der Waals surface area (Å²) in [5.41, 5.74) is 1.18. The Hall–Kier alpha value is -0.650. The summed E-state index contributed by atoms with van der Waals surface area (Å²) < 4.78 is 28.4. The molecule has 1 atom stereocenters. The first kappa shape index (κ1) is 15.4. The van der Waals surface area contributed by atoms with Crippen LogP contribution in [0.1, 0.15) is 18.5 Å². The highest BCUT2D eigenvalue weighted by Gasteiger charge is 2.05. The normalized spacial score (nSPS) is 12.9. The molecule has 0 amide bonds. The van der Waals surface area contributed by atoms with Crippen LogP contribution in [0.5, 0.6) is 0 Å².